The van der Waals surface area contributed by atoms with Crippen LogP contribution in [-0.2, 0) is 16.9 Å². The fourth-order valence-electron chi connectivity index (χ4n) is 1.94. The zero-order valence-corrected chi connectivity index (χ0v) is 14.3. The second-order valence-corrected chi connectivity index (χ2v) is 6.37. The molecule has 1 unspecified atom stereocenters. The lowest BCUT2D eigenvalue weighted by molar-refractivity contribution is -0.129. The minimum Gasteiger partial charge on any atom is -0.346 e. The molecule has 1 amide bonds. The molecule has 0 saturated heterocycles. The van der Waals surface area contributed by atoms with E-state index in [1.54, 1.807) is 17.1 Å². The molecule has 21 heavy (non-hydrogen) atoms. The van der Waals surface area contributed by atoms with Gasteiger partial charge in [0, 0.05) is 18.9 Å². The first kappa shape index (κ1) is 15.8. The van der Waals surface area contributed by atoms with Gasteiger partial charge in [0.1, 0.15) is 5.54 Å². The summed E-state index contributed by atoms with van der Waals surface area (Å²) in [4.78, 5) is 12.5. The van der Waals surface area contributed by atoms with E-state index < -0.39 is 5.54 Å². The quantitative estimate of drug-likeness (QED) is 0.897. The van der Waals surface area contributed by atoms with Gasteiger partial charge in [-0.2, -0.15) is 10.2 Å². The Balaban J connectivity index is 2.09. The Kier molecular flexibility index (Phi) is 4.51. The van der Waals surface area contributed by atoms with Crippen LogP contribution in [0.5, 0.6) is 0 Å². The molecule has 2 rings (SSSR count). The summed E-state index contributed by atoms with van der Waals surface area (Å²) in [5.74, 6) is -0.100. The van der Waals surface area contributed by atoms with Crippen LogP contribution in [0.2, 0.25) is 0 Å². The minimum absolute atomic E-state index is 0.100. The number of aromatic nitrogens is 4. The number of nitrogens with zero attached hydrogens (tertiary/aromatic N) is 4. The second-order valence-electron chi connectivity index (χ2n) is 5.45. The fraction of sp³-hybridized carbons (Fsp3) is 0.500. The molecule has 0 fully saturated rings. The standard InChI is InChI=1S/C14H20BrN5O/c1-5-19-7-6-12(18-19)10(2)17-13(21)14(3,4)20-9-11(15)8-16-20/h6-10H,5H2,1-4H3,(H,17,21). The normalized spacial score (nSPS) is 13.2. The molecule has 0 aromatic carbocycles. The highest BCUT2D eigenvalue weighted by atomic mass is 79.9. The average molecular weight is 354 g/mol. The number of nitrogens with one attached hydrogen (secondary N) is 1. The van der Waals surface area contributed by atoms with Crippen molar-refractivity contribution in [2.45, 2.75) is 45.8 Å². The number of aryl methyl sites for hydroxylation is 1. The predicted molar refractivity (Wildman–Crippen MR) is 83.7 cm³/mol. The molecule has 6 nitrogen and oxygen atoms in total. The second kappa shape index (κ2) is 6.01. The summed E-state index contributed by atoms with van der Waals surface area (Å²) in [6.45, 7) is 8.43. The molecule has 0 aliphatic carbocycles. The van der Waals surface area contributed by atoms with Gasteiger partial charge < -0.3 is 5.32 Å². The third-order valence-electron chi connectivity index (χ3n) is 3.46. The van der Waals surface area contributed by atoms with Gasteiger partial charge in [-0.3, -0.25) is 14.2 Å². The van der Waals surface area contributed by atoms with E-state index in [0.29, 0.717) is 0 Å². The number of amides is 1. The van der Waals surface area contributed by atoms with Crippen molar-refractivity contribution >= 4 is 21.8 Å². The number of hydrogen-bond acceptors (Lipinski definition) is 3. The van der Waals surface area contributed by atoms with E-state index in [0.717, 1.165) is 16.7 Å². The third kappa shape index (κ3) is 3.34. The fourth-order valence-corrected chi connectivity index (χ4v) is 2.23. The molecular formula is C14H20BrN5O. The van der Waals surface area contributed by atoms with Gasteiger partial charge in [-0.15, -0.1) is 0 Å². The topological polar surface area (TPSA) is 64.7 Å². The average Bonchev–Trinajstić information content (AvgIpc) is 3.07. The summed E-state index contributed by atoms with van der Waals surface area (Å²) in [5, 5.41) is 11.6. The van der Waals surface area contributed by atoms with Crippen LogP contribution in [0.1, 0.15) is 39.4 Å². The van der Waals surface area contributed by atoms with Crippen molar-refractivity contribution in [3.63, 3.8) is 0 Å². The maximum atomic E-state index is 12.5. The van der Waals surface area contributed by atoms with E-state index in [4.69, 9.17) is 0 Å². The van der Waals surface area contributed by atoms with E-state index in [-0.39, 0.29) is 11.9 Å². The molecule has 0 spiro atoms. The molecule has 0 aliphatic heterocycles. The van der Waals surface area contributed by atoms with E-state index in [1.165, 1.54) is 0 Å². The SMILES string of the molecule is CCn1ccc(C(C)NC(=O)C(C)(C)n2cc(Br)cn2)n1. The first-order chi connectivity index (χ1) is 9.84. The van der Waals surface area contributed by atoms with Crippen LogP contribution in [0.15, 0.2) is 29.1 Å². The molecule has 1 atom stereocenters. The number of rotatable bonds is 5. The maximum absolute atomic E-state index is 12.5. The van der Waals surface area contributed by atoms with Crippen LogP contribution >= 0.6 is 15.9 Å². The van der Waals surface area contributed by atoms with Crippen LogP contribution in [0.3, 0.4) is 0 Å². The van der Waals surface area contributed by atoms with Gasteiger partial charge in [-0.1, -0.05) is 0 Å². The summed E-state index contributed by atoms with van der Waals surface area (Å²) in [6, 6.07) is 1.77. The predicted octanol–water partition coefficient (Wildman–Crippen LogP) is 2.47. The summed E-state index contributed by atoms with van der Waals surface area (Å²) >= 11 is 3.34. The Morgan fingerprint density at radius 2 is 2.24 bits per heavy atom. The zero-order chi connectivity index (χ0) is 15.6. The van der Waals surface area contributed by atoms with Gasteiger partial charge in [0.25, 0.3) is 0 Å². The third-order valence-corrected chi connectivity index (χ3v) is 3.87. The highest BCUT2D eigenvalue weighted by Gasteiger charge is 2.31. The van der Waals surface area contributed by atoms with Gasteiger partial charge >= 0.3 is 0 Å². The monoisotopic (exact) mass is 353 g/mol. The Morgan fingerprint density at radius 3 is 2.76 bits per heavy atom. The maximum Gasteiger partial charge on any atom is 0.247 e. The van der Waals surface area contributed by atoms with Gasteiger partial charge in [0.2, 0.25) is 5.91 Å². The highest BCUT2D eigenvalue weighted by molar-refractivity contribution is 9.10. The number of halogens is 1. The van der Waals surface area contributed by atoms with Crippen molar-refractivity contribution in [1.82, 2.24) is 24.9 Å². The molecule has 0 bridgehead atoms. The van der Waals surface area contributed by atoms with Crippen LogP contribution in [0.25, 0.3) is 0 Å². The van der Waals surface area contributed by atoms with E-state index in [9.17, 15) is 4.79 Å². The number of carbonyl (C=O) groups excluding carboxylic acids is 1. The molecule has 0 aliphatic rings. The molecule has 1 N–H and O–H groups in total. The van der Waals surface area contributed by atoms with E-state index in [2.05, 4.69) is 31.4 Å². The Bertz CT molecular complexity index is 631. The summed E-state index contributed by atoms with van der Waals surface area (Å²) in [5.41, 5.74) is 0.0794. The van der Waals surface area contributed by atoms with Gasteiger partial charge in [0.15, 0.2) is 0 Å². The summed E-state index contributed by atoms with van der Waals surface area (Å²) in [7, 11) is 0. The van der Waals surface area contributed by atoms with Crippen LogP contribution in [-0.4, -0.2) is 25.5 Å². The first-order valence-corrected chi connectivity index (χ1v) is 7.69. The van der Waals surface area contributed by atoms with Crippen molar-refractivity contribution < 1.29 is 4.79 Å². The highest BCUT2D eigenvalue weighted by Crippen LogP contribution is 2.19. The van der Waals surface area contributed by atoms with E-state index >= 15 is 0 Å². The van der Waals surface area contributed by atoms with Crippen LogP contribution in [0, 0.1) is 0 Å². The molecule has 2 heterocycles. The van der Waals surface area contributed by atoms with Crippen molar-refractivity contribution in [2.75, 3.05) is 0 Å². The van der Waals surface area contributed by atoms with Gasteiger partial charge in [-0.25, -0.2) is 0 Å². The largest absolute Gasteiger partial charge is 0.346 e. The molecule has 7 heteroatoms. The lowest BCUT2D eigenvalue weighted by atomic mass is 10.0. The molecule has 0 saturated carbocycles. The summed E-state index contributed by atoms with van der Waals surface area (Å²) in [6.07, 6.45) is 5.37. The van der Waals surface area contributed by atoms with Crippen molar-refractivity contribution in [2.24, 2.45) is 0 Å². The first-order valence-electron chi connectivity index (χ1n) is 6.89. The van der Waals surface area contributed by atoms with Crippen molar-refractivity contribution in [3.05, 3.63) is 34.8 Å². The molecule has 114 valence electrons. The minimum atomic E-state index is -0.770. The molecule has 0 radical (unpaired) electrons. The van der Waals surface area contributed by atoms with Gasteiger partial charge in [-0.05, 0) is 49.7 Å². The van der Waals surface area contributed by atoms with Crippen molar-refractivity contribution in [1.29, 1.82) is 0 Å². The molecular weight excluding hydrogens is 334 g/mol. The zero-order valence-electron chi connectivity index (χ0n) is 12.7. The lowest BCUT2D eigenvalue weighted by Gasteiger charge is -2.26. The summed E-state index contributed by atoms with van der Waals surface area (Å²) < 4.78 is 4.33. The Hall–Kier alpha value is -1.63. The van der Waals surface area contributed by atoms with Gasteiger partial charge in [0.05, 0.1) is 22.4 Å². The molecule has 2 aromatic heterocycles. The Morgan fingerprint density at radius 1 is 1.52 bits per heavy atom. The number of hydrogen-bond donors (Lipinski definition) is 1. The Labute approximate surface area is 132 Å². The van der Waals surface area contributed by atoms with Crippen LogP contribution < -0.4 is 5.32 Å². The lowest BCUT2D eigenvalue weighted by Crippen LogP contribution is -2.45. The van der Waals surface area contributed by atoms with E-state index in [1.807, 2.05) is 44.6 Å². The smallest absolute Gasteiger partial charge is 0.247 e. The number of carbonyl (C=O) groups is 1. The van der Waals surface area contributed by atoms with Crippen molar-refractivity contribution in [3.8, 4) is 0 Å². The molecule has 2 aromatic rings. The van der Waals surface area contributed by atoms with Crippen LogP contribution in [0.4, 0.5) is 0 Å².